The Balaban J connectivity index is 0.00000192. The van der Waals surface area contributed by atoms with Gasteiger partial charge < -0.3 is 15.3 Å². The standard InChI is InChI=1S/C15H19N3O4.ClH/c1-17(12-7-10-3-4-11(8-12)16-10)15(20)9-2-5-13(18(21)22)14(19)6-9;/h2,5-6,10-12,16,19H,3-4,7-8H2,1H3;1H. The van der Waals surface area contributed by atoms with Gasteiger partial charge in [0, 0.05) is 36.8 Å². The maximum Gasteiger partial charge on any atom is 0.310 e. The maximum absolute atomic E-state index is 12.5. The van der Waals surface area contributed by atoms with E-state index in [0.29, 0.717) is 12.1 Å². The molecule has 7 nitrogen and oxygen atoms in total. The van der Waals surface area contributed by atoms with Gasteiger partial charge in [0.25, 0.3) is 5.91 Å². The molecule has 0 saturated carbocycles. The van der Waals surface area contributed by atoms with Crippen molar-refractivity contribution >= 4 is 24.0 Å². The number of nitro groups is 1. The van der Waals surface area contributed by atoms with Crippen LogP contribution in [-0.4, -0.2) is 46.0 Å². The lowest BCUT2D eigenvalue weighted by Crippen LogP contribution is -2.48. The number of carbonyl (C=O) groups is 1. The number of nitro benzene ring substituents is 1. The molecule has 0 aromatic heterocycles. The van der Waals surface area contributed by atoms with Crippen LogP contribution in [0.25, 0.3) is 0 Å². The maximum atomic E-state index is 12.5. The number of piperidine rings is 1. The molecule has 2 heterocycles. The summed E-state index contributed by atoms with van der Waals surface area (Å²) in [4.78, 5) is 24.3. The van der Waals surface area contributed by atoms with E-state index in [4.69, 9.17) is 0 Å². The topological polar surface area (TPSA) is 95.7 Å². The Bertz CT molecular complexity index is 613. The summed E-state index contributed by atoms with van der Waals surface area (Å²) >= 11 is 0. The van der Waals surface area contributed by atoms with Gasteiger partial charge in [0.1, 0.15) is 0 Å². The summed E-state index contributed by atoms with van der Waals surface area (Å²) in [5, 5.41) is 23.9. The van der Waals surface area contributed by atoms with Crippen LogP contribution in [0.3, 0.4) is 0 Å². The Hall–Kier alpha value is -1.86. The molecule has 2 bridgehead atoms. The van der Waals surface area contributed by atoms with E-state index in [0.717, 1.165) is 25.7 Å². The first-order valence-electron chi connectivity index (χ1n) is 7.46. The quantitative estimate of drug-likeness (QED) is 0.648. The highest BCUT2D eigenvalue weighted by Crippen LogP contribution is 2.31. The second-order valence-electron chi connectivity index (χ2n) is 6.14. The third-order valence-electron chi connectivity index (χ3n) is 4.74. The zero-order valence-electron chi connectivity index (χ0n) is 12.8. The van der Waals surface area contributed by atoms with Gasteiger partial charge in [0.15, 0.2) is 5.75 Å². The Morgan fingerprint density at radius 2 is 1.96 bits per heavy atom. The van der Waals surface area contributed by atoms with Crippen molar-refractivity contribution in [3.8, 4) is 5.75 Å². The number of carbonyl (C=O) groups excluding carboxylic acids is 1. The predicted molar refractivity (Wildman–Crippen MR) is 87.1 cm³/mol. The first-order chi connectivity index (χ1) is 10.5. The number of aromatic hydroxyl groups is 1. The molecule has 23 heavy (non-hydrogen) atoms. The van der Waals surface area contributed by atoms with E-state index in [-0.39, 0.29) is 35.6 Å². The number of nitrogens with one attached hydrogen (secondary N) is 1. The molecule has 0 radical (unpaired) electrons. The fourth-order valence-corrected chi connectivity index (χ4v) is 3.52. The van der Waals surface area contributed by atoms with Gasteiger partial charge in [-0.05, 0) is 37.8 Å². The number of benzene rings is 1. The lowest BCUT2D eigenvalue weighted by atomic mass is 9.98. The summed E-state index contributed by atoms with van der Waals surface area (Å²) in [6.45, 7) is 0. The molecule has 1 aromatic carbocycles. The number of nitrogens with zero attached hydrogens (tertiary/aromatic N) is 2. The van der Waals surface area contributed by atoms with Crippen LogP contribution < -0.4 is 5.32 Å². The summed E-state index contributed by atoms with van der Waals surface area (Å²) in [6.07, 6.45) is 4.17. The first-order valence-corrected chi connectivity index (χ1v) is 7.46. The highest BCUT2D eigenvalue weighted by Gasteiger charge is 2.36. The van der Waals surface area contributed by atoms with E-state index in [2.05, 4.69) is 5.32 Å². The molecule has 1 amide bonds. The third kappa shape index (κ3) is 3.40. The molecule has 2 aliphatic heterocycles. The number of amides is 1. The average Bonchev–Trinajstić information content (AvgIpc) is 2.83. The Morgan fingerprint density at radius 3 is 2.48 bits per heavy atom. The van der Waals surface area contributed by atoms with Crippen LogP contribution in [0.1, 0.15) is 36.0 Å². The average molecular weight is 342 g/mol. The summed E-state index contributed by atoms with van der Waals surface area (Å²) in [5.41, 5.74) is -0.115. The second-order valence-corrected chi connectivity index (χ2v) is 6.14. The molecule has 126 valence electrons. The van der Waals surface area contributed by atoms with Crippen molar-refractivity contribution in [2.75, 3.05) is 7.05 Å². The lowest BCUT2D eigenvalue weighted by molar-refractivity contribution is -0.385. The van der Waals surface area contributed by atoms with E-state index in [9.17, 15) is 20.0 Å². The minimum atomic E-state index is -0.669. The zero-order chi connectivity index (χ0) is 15.9. The van der Waals surface area contributed by atoms with E-state index in [1.807, 2.05) is 0 Å². The smallest absolute Gasteiger partial charge is 0.310 e. The third-order valence-corrected chi connectivity index (χ3v) is 4.74. The first kappa shape index (κ1) is 17.5. The molecule has 2 N–H and O–H groups in total. The number of phenolic OH excluding ortho intramolecular Hbond substituents is 1. The Labute approximate surface area is 140 Å². The van der Waals surface area contributed by atoms with Gasteiger partial charge in [-0.1, -0.05) is 0 Å². The van der Waals surface area contributed by atoms with Crippen molar-refractivity contribution in [2.45, 2.75) is 43.8 Å². The van der Waals surface area contributed by atoms with Crippen LogP contribution in [-0.2, 0) is 0 Å². The molecule has 2 saturated heterocycles. The predicted octanol–water partition coefficient (Wildman–Crippen LogP) is 2.08. The van der Waals surface area contributed by atoms with Crippen LogP contribution in [0.2, 0.25) is 0 Å². The van der Waals surface area contributed by atoms with Crippen molar-refractivity contribution < 1.29 is 14.8 Å². The SMILES string of the molecule is CN(C(=O)c1ccc([N+](=O)[O-])c(O)c1)C1CC2CCC(C1)N2.Cl. The van der Waals surface area contributed by atoms with Gasteiger partial charge in [-0.15, -0.1) is 12.4 Å². The molecular formula is C15H20ClN3O4. The number of rotatable bonds is 3. The van der Waals surface area contributed by atoms with E-state index < -0.39 is 10.7 Å². The second kappa shape index (κ2) is 6.72. The number of halogens is 1. The largest absolute Gasteiger partial charge is 0.502 e. The van der Waals surface area contributed by atoms with Crippen molar-refractivity contribution in [2.24, 2.45) is 0 Å². The van der Waals surface area contributed by atoms with Crippen molar-refractivity contribution in [3.63, 3.8) is 0 Å². The van der Waals surface area contributed by atoms with E-state index in [1.54, 1.807) is 11.9 Å². The molecule has 2 aliphatic rings. The van der Waals surface area contributed by atoms with Gasteiger partial charge in [0.2, 0.25) is 0 Å². The highest BCUT2D eigenvalue weighted by molar-refractivity contribution is 5.95. The lowest BCUT2D eigenvalue weighted by Gasteiger charge is -2.35. The summed E-state index contributed by atoms with van der Waals surface area (Å²) in [5.74, 6) is -0.689. The molecule has 2 atom stereocenters. The number of hydrogen-bond donors (Lipinski definition) is 2. The monoisotopic (exact) mass is 341 g/mol. The van der Waals surface area contributed by atoms with Gasteiger partial charge in [-0.25, -0.2) is 0 Å². The van der Waals surface area contributed by atoms with Crippen molar-refractivity contribution in [3.05, 3.63) is 33.9 Å². The summed E-state index contributed by atoms with van der Waals surface area (Å²) in [6, 6.07) is 4.86. The minimum absolute atomic E-state index is 0. The van der Waals surface area contributed by atoms with Crippen LogP contribution in [0.4, 0.5) is 5.69 Å². The fraction of sp³-hybridized carbons (Fsp3) is 0.533. The van der Waals surface area contributed by atoms with Crippen molar-refractivity contribution in [1.82, 2.24) is 10.2 Å². The minimum Gasteiger partial charge on any atom is -0.502 e. The summed E-state index contributed by atoms with van der Waals surface area (Å²) in [7, 11) is 1.76. The fourth-order valence-electron chi connectivity index (χ4n) is 3.52. The van der Waals surface area contributed by atoms with Crippen LogP contribution >= 0.6 is 12.4 Å². The molecule has 8 heteroatoms. The van der Waals surface area contributed by atoms with E-state index in [1.165, 1.54) is 18.2 Å². The highest BCUT2D eigenvalue weighted by atomic mass is 35.5. The van der Waals surface area contributed by atoms with E-state index >= 15 is 0 Å². The van der Waals surface area contributed by atoms with Crippen LogP contribution in [0.15, 0.2) is 18.2 Å². The van der Waals surface area contributed by atoms with Crippen LogP contribution in [0.5, 0.6) is 5.75 Å². The number of hydrogen-bond acceptors (Lipinski definition) is 5. The summed E-state index contributed by atoms with van der Waals surface area (Å²) < 4.78 is 0. The number of phenols is 1. The molecule has 0 spiro atoms. The Morgan fingerprint density at radius 1 is 1.35 bits per heavy atom. The molecular weight excluding hydrogens is 322 g/mol. The zero-order valence-corrected chi connectivity index (χ0v) is 13.6. The Kier molecular flexibility index (Phi) is 5.11. The van der Waals surface area contributed by atoms with Gasteiger partial charge >= 0.3 is 5.69 Å². The molecule has 2 unspecified atom stereocenters. The van der Waals surface area contributed by atoms with Crippen molar-refractivity contribution in [1.29, 1.82) is 0 Å². The normalized spacial score (nSPS) is 25.5. The molecule has 3 rings (SSSR count). The molecule has 2 fully saturated rings. The molecule has 0 aliphatic carbocycles. The van der Waals surface area contributed by atoms with Gasteiger partial charge in [0.05, 0.1) is 4.92 Å². The van der Waals surface area contributed by atoms with Gasteiger partial charge in [-0.2, -0.15) is 0 Å². The molecule has 1 aromatic rings. The number of fused-ring (bicyclic) bond motifs is 2. The van der Waals surface area contributed by atoms with Gasteiger partial charge in [-0.3, -0.25) is 14.9 Å². The van der Waals surface area contributed by atoms with Crippen LogP contribution in [0, 0.1) is 10.1 Å².